The van der Waals surface area contributed by atoms with Crippen molar-refractivity contribution in [1.82, 2.24) is 44.7 Å². The van der Waals surface area contributed by atoms with Crippen LogP contribution in [0.3, 0.4) is 0 Å². The van der Waals surface area contributed by atoms with E-state index >= 15 is 4.39 Å². The lowest BCUT2D eigenvalue weighted by molar-refractivity contribution is -0.140. The van der Waals surface area contributed by atoms with Gasteiger partial charge in [-0.3, -0.25) is 9.88 Å². The quantitative estimate of drug-likeness (QED) is 0.0979. The second-order valence-corrected chi connectivity index (χ2v) is 20.4. The Bertz CT molecular complexity index is 3360. The van der Waals surface area contributed by atoms with Gasteiger partial charge in [-0.25, -0.2) is 31.9 Å². The topological polar surface area (TPSA) is 174 Å². The van der Waals surface area contributed by atoms with Crippen LogP contribution in [0.25, 0.3) is 44.5 Å². The number of nitrogens with two attached hydrogens (primary N) is 2. The zero-order valence-electron chi connectivity index (χ0n) is 44.2. The van der Waals surface area contributed by atoms with Gasteiger partial charge in [0.25, 0.3) is 0 Å². The number of rotatable bonds is 10. The third-order valence-corrected chi connectivity index (χ3v) is 15.0. The average Bonchev–Trinajstić information content (AvgIpc) is 4.13. The molecule has 0 radical (unpaired) electrons. The lowest BCUT2D eigenvalue weighted by Gasteiger charge is -2.31. The van der Waals surface area contributed by atoms with Gasteiger partial charge < -0.3 is 35.6 Å². The number of hydrogen-bond donors (Lipinski definition) is 2. The van der Waals surface area contributed by atoms with Crippen molar-refractivity contribution in [2.24, 2.45) is 0 Å². The largest absolute Gasteiger partial charge is 0.462 e. The smallest absolute Gasteiger partial charge is 0.421 e. The molecule has 0 amide bonds. The molecule has 0 aliphatic carbocycles. The molecule has 5 aromatic heterocycles. The molecule has 3 unspecified atom stereocenters. The monoisotopic (exact) mass is 1160 g/mol. The summed E-state index contributed by atoms with van der Waals surface area (Å²) in [4.78, 5) is 36.7. The second-order valence-electron chi connectivity index (χ2n) is 20.0. The second kappa shape index (κ2) is 23.9. The third-order valence-electron chi connectivity index (χ3n) is 14.7. The first-order valence-electron chi connectivity index (χ1n) is 26.4. The summed E-state index contributed by atoms with van der Waals surface area (Å²) in [5.41, 5.74) is 4.03. The van der Waals surface area contributed by atoms with Crippen molar-refractivity contribution in [1.29, 1.82) is 0 Å². The minimum absolute atomic E-state index is 0.00754. The van der Waals surface area contributed by atoms with E-state index in [0.717, 1.165) is 44.8 Å². The summed E-state index contributed by atoms with van der Waals surface area (Å²) in [5, 5.41) is 0.458. The molecule has 15 nitrogen and oxygen atoms in total. The van der Waals surface area contributed by atoms with Gasteiger partial charge in [0.1, 0.15) is 88.1 Å². The maximum Gasteiger partial charge on any atom is 0.421 e. The molecule has 3 fully saturated rings. The van der Waals surface area contributed by atoms with Crippen molar-refractivity contribution in [2.75, 3.05) is 87.3 Å². The minimum atomic E-state index is -5.24. The van der Waals surface area contributed by atoms with Gasteiger partial charge in [0.05, 0.1) is 33.7 Å². The molecule has 3 atom stereocenters. The maximum absolute atomic E-state index is 16.1. The van der Waals surface area contributed by atoms with Crippen molar-refractivity contribution in [3.05, 3.63) is 88.1 Å². The molecule has 11 rings (SSSR count). The predicted octanol–water partition coefficient (Wildman–Crippen LogP) is 11.7. The fourth-order valence-electron chi connectivity index (χ4n) is 11.0. The lowest BCUT2D eigenvalue weighted by Crippen LogP contribution is -2.43. The van der Waals surface area contributed by atoms with Gasteiger partial charge in [0.15, 0.2) is 5.82 Å². The summed E-state index contributed by atoms with van der Waals surface area (Å²) >= 11 is 6.52. The minimum Gasteiger partial charge on any atom is -0.462 e. The molecule has 6 aromatic rings. The molecule has 434 valence electrons. The number of halogens is 12. The zero-order chi connectivity index (χ0) is 58.1. The number of alkyl halides is 7. The molecule has 5 aliphatic rings. The maximum atomic E-state index is 16.1. The Morgan fingerprint density at radius 3 is 1.99 bits per heavy atom. The van der Waals surface area contributed by atoms with E-state index in [1.54, 1.807) is 0 Å². The molecule has 4 N–H and O–H groups in total. The number of pyridine rings is 3. The van der Waals surface area contributed by atoms with Crippen LogP contribution in [0.2, 0.25) is 5.02 Å². The highest BCUT2D eigenvalue weighted by Gasteiger charge is 2.50. The fourth-order valence-corrected chi connectivity index (χ4v) is 11.2. The molecule has 0 spiro atoms. The molecular weight excluding hydrogens is 1110 g/mol. The molecule has 0 saturated carbocycles. The van der Waals surface area contributed by atoms with Crippen LogP contribution >= 0.6 is 11.6 Å². The molecule has 1 aromatic carbocycles. The van der Waals surface area contributed by atoms with Crippen molar-refractivity contribution >= 4 is 56.7 Å². The van der Waals surface area contributed by atoms with E-state index in [4.69, 9.17) is 37.5 Å². The molecule has 0 bridgehead atoms. The number of hydrogen-bond acceptors (Lipinski definition) is 15. The van der Waals surface area contributed by atoms with Crippen molar-refractivity contribution < 1.29 is 57.8 Å². The highest BCUT2D eigenvalue weighted by molar-refractivity contribution is 6.34. The lowest BCUT2D eigenvalue weighted by atomic mass is 9.95. The molecule has 81 heavy (non-hydrogen) atoms. The Morgan fingerprint density at radius 1 is 0.716 bits per heavy atom. The average molecular weight is 1160 g/mol. The van der Waals surface area contributed by atoms with E-state index in [0.29, 0.717) is 74.5 Å². The first kappa shape index (κ1) is 58.7. The summed E-state index contributed by atoms with van der Waals surface area (Å²) in [6.45, 7) is 7.78. The van der Waals surface area contributed by atoms with Crippen LogP contribution in [0.15, 0.2) is 54.5 Å². The summed E-state index contributed by atoms with van der Waals surface area (Å²) in [6.07, 6.45) is 1.07. The highest BCUT2D eigenvalue weighted by Crippen LogP contribution is 2.45. The van der Waals surface area contributed by atoms with Gasteiger partial charge in [-0.1, -0.05) is 37.6 Å². The van der Waals surface area contributed by atoms with Crippen LogP contribution in [-0.4, -0.2) is 129 Å². The number of nitrogen functional groups attached to an aromatic ring is 2. The standard InChI is InChI=1S/C26H27ClF4N6O.C26H24F7N7O.C2H6/c1-36-8-6-7-15(36)14-38-25-33-20-12-16(23-22(26(29,30)31)19(28)13-21(32)34-23)18(27)11-17(20)24(35-25)37-9-4-2-3-5-10-37;27-13-3-1-5-39(10-13)23-15-9-35-22(21-18(26(31,32)33)16(29)7-17(34)36-21)19(30)20(15)37-24(38-23)41-12-25-4-2-6-40(25)11-14(28)8-25;1-2/h2-3,11-13,15H,4-10,14H2,1H3,(H2,32,34);3,7,9,14H,1-2,4-6,8,10-12H2,(H2,34,36);1-2H3. The number of ether oxygens (including phenoxy) is 2. The van der Waals surface area contributed by atoms with Gasteiger partial charge >= 0.3 is 24.4 Å². The highest BCUT2D eigenvalue weighted by atomic mass is 35.5. The Kier molecular flexibility index (Phi) is 17.3. The van der Waals surface area contributed by atoms with E-state index in [1.165, 1.54) is 23.1 Å². The van der Waals surface area contributed by atoms with Crippen LogP contribution in [0, 0.1) is 17.5 Å². The number of aromatic nitrogens is 7. The van der Waals surface area contributed by atoms with Crippen LogP contribution in [0.5, 0.6) is 12.0 Å². The molecule has 27 heteroatoms. The van der Waals surface area contributed by atoms with Crippen LogP contribution < -0.4 is 30.7 Å². The molecule has 5 aliphatic heterocycles. The number of likely N-dealkylation sites (N-methyl/N-ethyl adjacent to an activating group) is 1. The zero-order valence-corrected chi connectivity index (χ0v) is 45.0. The van der Waals surface area contributed by atoms with Crippen LogP contribution in [-0.2, 0) is 12.4 Å². The van der Waals surface area contributed by atoms with Gasteiger partial charge in [-0.15, -0.1) is 0 Å². The van der Waals surface area contributed by atoms with Gasteiger partial charge in [-0.2, -0.15) is 46.3 Å². The predicted molar refractivity (Wildman–Crippen MR) is 285 cm³/mol. The summed E-state index contributed by atoms with van der Waals surface area (Å²) in [5.74, 6) is -5.46. The fraction of sp³-hybridized carbons (Fsp3) is 0.463. The Labute approximate surface area is 463 Å². The van der Waals surface area contributed by atoms with E-state index in [9.17, 15) is 43.9 Å². The summed E-state index contributed by atoms with van der Waals surface area (Å²) in [7, 11) is 2.03. The van der Waals surface area contributed by atoms with E-state index in [-0.39, 0.29) is 66.0 Å². The van der Waals surface area contributed by atoms with Crippen LogP contribution in [0.1, 0.15) is 76.3 Å². The number of fused-ring (bicyclic) bond motifs is 3. The van der Waals surface area contributed by atoms with Crippen LogP contribution in [0.4, 0.5) is 71.6 Å². The normalized spacial score (nSPS) is 20.7. The van der Waals surface area contributed by atoms with Crippen molar-refractivity contribution in [3.63, 3.8) is 0 Å². The first-order valence-corrected chi connectivity index (χ1v) is 26.7. The van der Waals surface area contributed by atoms with E-state index < -0.39 is 92.7 Å². The molecule has 10 heterocycles. The van der Waals surface area contributed by atoms with Crippen molar-refractivity contribution in [2.45, 2.75) is 95.3 Å². The summed E-state index contributed by atoms with van der Waals surface area (Å²) in [6, 6.07) is 3.79. The first-order chi connectivity index (χ1) is 38.6. The number of nitrogens with zero attached hydrogens (tertiary/aromatic N) is 11. The Morgan fingerprint density at radius 2 is 1.35 bits per heavy atom. The Balaban J connectivity index is 0.000000190. The SMILES string of the molecule is CC.CN1CCCC1COc1nc(N2CCC=CCC2)c2cc(Cl)c(-c3nc(N)cc(F)c3C(F)(F)F)cc2n1.Nc1cc(F)c(C(F)(F)F)c(-c2ncc3c(N4CCC=C(F)C4)nc(OCC45CCCN4CC(F)C5)nc3c2F)n1. The number of benzene rings is 1. The van der Waals surface area contributed by atoms with Gasteiger partial charge in [-0.05, 0) is 83.3 Å². The van der Waals surface area contributed by atoms with E-state index in [1.807, 2.05) is 25.8 Å². The Hall–Kier alpha value is -6.93. The third kappa shape index (κ3) is 12.5. The molecule has 3 saturated heterocycles. The number of anilines is 4. The summed E-state index contributed by atoms with van der Waals surface area (Å²) < 4.78 is 168. The van der Waals surface area contributed by atoms with E-state index in [2.05, 4.69) is 51.9 Å². The molecular formula is C54H57ClF11N13O2. The number of likely N-dealkylation sites (tertiary alicyclic amines) is 1. The van der Waals surface area contributed by atoms with Gasteiger partial charge in [0, 0.05) is 67.9 Å². The van der Waals surface area contributed by atoms with Crippen molar-refractivity contribution in [3.8, 4) is 34.7 Å². The van der Waals surface area contributed by atoms with Gasteiger partial charge in [0.2, 0.25) is 0 Å².